The molecule has 6 heteroatoms. The number of allylic oxidation sites excluding steroid dienone is 3. The Bertz CT molecular complexity index is 421. The van der Waals surface area contributed by atoms with Crippen LogP contribution in [0.2, 0.25) is 0 Å². The standard InChI is InChI=1S/C7H13NO4S.C5H8/c1-5(7(9)10)4-6(2)8-13(3,11)12;1-3-5-4-2/h4,6,8H,1-3H3,(H,9,10);3-5H,1H2,2H3/b5-4+;5-4-. The highest BCUT2D eigenvalue weighted by atomic mass is 32.2. The third-order valence-electron chi connectivity index (χ3n) is 1.57. The molecule has 1 unspecified atom stereocenters. The van der Waals surface area contributed by atoms with Crippen molar-refractivity contribution in [1.82, 2.24) is 4.72 Å². The summed E-state index contributed by atoms with van der Waals surface area (Å²) >= 11 is 0. The van der Waals surface area contributed by atoms with Gasteiger partial charge >= 0.3 is 5.97 Å². The Kier molecular flexibility index (Phi) is 10.1. The van der Waals surface area contributed by atoms with Crippen LogP contribution in [0.25, 0.3) is 0 Å². The minimum atomic E-state index is -3.28. The minimum absolute atomic E-state index is 0.114. The molecule has 0 amide bonds. The van der Waals surface area contributed by atoms with Gasteiger partial charge in [-0.2, -0.15) is 0 Å². The summed E-state index contributed by atoms with van der Waals surface area (Å²) in [5, 5.41) is 8.48. The van der Waals surface area contributed by atoms with Crippen LogP contribution in [0.1, 0.15) is 20.8 Å². The first-order valence-electron chi connectivity index (χ1n) is 5.26. The fourth-order valence-electron chi connectivity index (χ4n) is 0.954. The van der Waals surface area contributed by atoms with Gasteiger partial charge in [0.2, 0.25) is 10.0 Å². The molecular weight excluding hydrogens is 254 g/mol. The Morgan fingerprint density at radius 1 is 1.44 bits per heavy atom. The molecule has 0 aromatic heterocycles. The normalized spacial score (nSPS) is 13.7. The predicted molar refractivity (Wildman–Crippen MR) is 73.8 cm³/mol. The molecule has 0 saturated heterocycles. The lowest BCUT2D eigenvalue weighted by atomic mass is 10.2. The summed E-state index contributed by atoms with van der Waals surface area (Å²) in [5.41, 5.74) is 0.114. The molecular formula is C12H21NO4S. The van der Waals surface area contributed by atoms with Crippen molar-refractivity contribution in [3.8, 4) is 0 Å². The van der Waals surface area contributed by atoms with Crippen molar-refractivity contribution in [3.05, 3.63) is 36.5 Å². The zero-order valence-corrected chi connectivity index (χ0v) is 12.0. The van der Waals surface area contributed by atoms with Crippen molar-refractivity contribution >= 4 is 16.0 Å². The third kappa shape index (κ3) is 14.6. The summed E-state index contributed by atoms with van der Waals surface area (Å²) in [6, 6.07) is -0.508. The second-order valence-electron chi connectivity index (χ2n) is 3.60. The van der Waals surface area contributed by atoms with E-state index < -0.39 is 22.0 Å². The number of carboxylic acids is 1. The van der Waals surface area contributed by atoms with Crippen molar-refractivity contribution in [2.75, 3.05) is 6.26 Å². The van der Waals surface area contributed by atoms with Crippen LogP contribution in [0, 0.1) is 0 Å². The first-order chi connectivity index (χ1) is 8.14. The van der Waals surface area contributed by atoms with Gasteiger partial charge in [0.25, 0.3) is 0 Å². The Balaban J connectivity index is 0. The van der Waals surface area contributed by atoms with Crippen LogP contribution >= 0.6 is 0 Å². The van der Waals surface area contributed by atoms with E-state index in [0.29, 0.717) is 0 Å². The van der Waals surface area contributed by atoms with E-state index in [0.717, 1.165) is 6.26 Å². The molecule has 0 aromatic rings. The van der Waals surface area contributed by atoms with Crippen LogP contribution in [-0.2, 0) is 14.8 Å². The van der Waals surface area contributed by atoms with Gasteiger partial charge in [-0.1, -0.05) is 30.9 Å². The largest absolute Gasteiger partial charge is 0.478 e. The van der Waals surface area contributed by atoms with Crippen molar-refractivity contribution in [2.45, 2.75) is 26.8 Å². The highest BCUT2D eigenvalue weighted by Gasteiger charge is 2.08. The quantitative estimate of drug-likeness (QED) is 0.591. The van der Waals surface area contributed by atoms with Crippen molar-refractivity contribution in [3.63, 3.8) is 0 Å². The summed E-state index contributed by atoms with van der Waals surface area (Å²) in [7, 11) is -3.28. The maximum Gasteiger partial charge on any atom is 0.331 e. The smallest absolute Gasteiger partial charge is 0.331 e. The van der Waals surface area contributed by atoms with Crippen LogP contribution in [-0.4, -0.2) is 31.8 Å². The van der Waals surface area contributed by atoms with Crippen molar-refractivity contribution in [2.24, 2.45) is 0 Å². The van der Waals surface area contributed by atoms with Gasteiger partial charge in [-0.25, -0.2) is 17.9 Å². The van der Waals surface area contributed by atoms with E-state index in [1.165, 1.54) is 13.0 Å². The zero-order chi connectivity index (χ0) is 14.8. The predicted octanol–water partition coefficient (Wildman–Crippen LogP) is 1.70. The molecule has 0 aliphatic rings. The molecule has 18 heavy (non-hydrogen) atoms. The van der Waals surface area contributed by atoms with E-state index >= 15 is 0 Å². The van der Waals surface area contributed by atoms with Gasteiger partial charge in [-0.05, 0) is 20.8 Å². The molecule has 5 nitrogen and oxygen atoms in total. The van der Waals surface area contributed by atoms with E-state index in [9.17, 15) is 13.2 Å². The van der Waals surface area contributed by atoms with Crippen molar-refractivity contribution in [1.29, 1.82) is 0 Å². The number of aliphatic carboxylic acids is 1. The minimum Gasteiger partial charge on any atom is -0.478 e. The number of sulfonamides is 1. The van der Waals surface area contributed by atoms with E-state index in [-0.39, 0.29) is 5.57 Å². The SMILES string of the molecule is C/C(=C\C(C)NS(C)(=O)=O)C(=O)O.C=C/C=C\C. The molecule has 0 fully saturated rings. The number of hydrogen-bond acceptors (Lipinski definition) is 3. The van der Waals surface area contributed by atoms with E-state index in [4.69, 9.17) is 5.11 Å². The second kappa shape index (κ2) is 9.61. The summed E-state index contributed by atoms with van der Waals surface area (Å²) < 4.78 is 23.6. The zero-order valence-electron chi connectivity index (χ0n) is 11.2. The first-order valence-corrected chi connectivity index (χ1v) is 7.16. The average molecular weight is 275 g/mol. The summed E-state index contributed by atoms with van der Waals surface area (Å²) in [5.74, 6) is -1.05. The van der Waals surface area contributed by atoms with Gasteiger partial charge in [0.05, 0.1) is 6.26 Å². The maximum absolute atomic E-state index is 10.7. The van der Waals surface area contributed by atoms with Gasteiger partial charge in [0, 0.05) is 11.6 Å². The molecule has 1 atom stereocenters. The fourth-order valence-corrected chi connectivity index (χ4v) is 1.70. The Hall–Kier alpha value is -1.40. The summed E-state index contributed by atoms with van der Waals surface area (Å²) in [6.07, 6.45) is 7.93. The van der Waals surface area contributed by atoms with Crippen LogP contribution in [0.4, 0.5) is 0 Å². The molecule has 0 radical (unpaired) electrons. The monoisotopic (exact) mass is 275 g/mol. The van der Waals surface area contributed by atoms with Crippen LogP contribution in [0.3, 0.4) is 0 Å². The second-order valence-corrected chi connectivity index (χ2v) is 5.38. The van der Waals surface area contributed by atoms with E-state index in [1.54, 1.807) is 13.0 Å². The fraction of sp³-hybridized carbons (Fsp3) is 0.417. The Morgan fingerprint density at radius 2 is 1.94 bits per heavy atom. The molecule has 0 saturated carbocycles. The van der Waals surface area contributed by atoms with Crippen LogP contribution < -0.4 is 4.72 Å². The van der Waals surface area contributed by atoms with Crippen molar-refractivity contribution < 1.29 is 18.3 Å². The maximum atomic E-state index is 10.7. The lowest BCUT2D eigenvalue weighted by molar-refractivity contribution is -0.132. The topological polar surface area (TPSA) is 83.5 Å². The number of nitrogens with one attached hydrogen (secondary N) is 1. The molecule has 0 heterocycles. The van der Waals surface area contributed by atoms with Crippen LogP contribution in [0.15, 0.2) is 36.5 Å². The number of carboxylic acid groups (broad SMARTS) is 1. The number of rotatable bonds is 5. The lowest BCUT2D eigenvalue weighted by Crippen LogP contribution is -2.30. The van der Waals surface area contributed by atoms with Crippen LogP contribution in [0.5, 0.6) is 0 Å². The third-order valence-corrected chi connectivity index (χ3v) is 2.37. The molecule has 0 spiro atoms. The highest BCUT2D eigenvalue weighted by molar-refractivity contribution is 7.88. The molecule has 2 N–H and O–H groups in total. The average Bonchev–Trinajstić information content (AvgIpc) is 2.16. The first kappa shape index (κ1) is 19.0. The molecule has 0 aliphatic heterocycles. The molecule has 0 aliphatic carbocycles. The Morgan fingerprint density at radius 3 is 2.17 bits per heavy atom. The van der Waals surface area contributed by atoms with E-state index in [1.807, 2.05) is 19.1 Å². The summed E-state index contributed by atoms with van der Waals surface area (Å²) in [4.78, 5) is 10.4. The Labute approximate surface area is 109 Å². The van der Waals surface area contributed by atoms with Gasteiger partial charge < -0.3 is 5.11 Å². The van der Waals surface area contributed by atoms with Gasteiger partial charge in [-0.3, -0.25) is 0 Å². The number of hydrogen-bond donors (Lipinski definition) is 2. The van der Waals surface area contributed by atoms with Gasteiger partial charge in [-0.15, -0.1) is 0 Å². The molecule has 0 aromatic carbocycles. The van der Waals surface area contributed by atoms with E-state index in [2.05, 4.69) is 11.3 Å². The summed E-state index contributed by atoms with van der Waals surface area (Å²) in [6.45, 7) is 8.39. The highest BCUT2D eigenvalue weighted by Crippen LogP contribution is 1.96. The number of carbonyl (C=O) groups is 1. The molecule has 0 rings (SSSR count). The molecule has 0 bridgehead atoms. The van der Waals surface area contributed by atoms with Gasteiger partial charge in [0.1, 0.15) is 0 Å². The lowest BCUT2D eigenvalue weighted by Gasteiger charge is -2.07. The van der Waals surface area contributed by atoms with Gasteiger partial charge in [0.15, 0.2) is 0 Å². The molecule has 104 valence electrons.